The normalized spacial score (nSPS) is 12.6. The van der Waals surface area contributed by atoms with Crippen LogP contribution in [0.2, 0.25) is 0 Å². The Morgan fingerprint density at radius 1 is 1.06 bits per heavy atom. The van der Waals surface area contributed by atoms with Crippen LogP contribution >= 0.6 is 0 Å². The van der Waals surface area contributed by atoms with Crippen LogP contribution in [0.1, 0.15) is 48.3 Å². The summed E-state index contributed by atoms with van der Waals surface area (Å²) in [7, 11) is 1.49. The molecule has 3 aromatic rings. The van der Waals surface area contributed by atoms with Gasteiger partial charge in [0.05, 0.1) is 35.9 Å². The van der Waals surface area contributed by atoms with E-state index < -0.39 is 29.3 Å². The number of hydrogen-bond donors (Lipinski definition) is 1. The summed E-state index contributed by atoms with van der Waals surface area (Å²) in [5.41, 5.74) is -0.695. The summed E-state index contributed by atoms with van der Waals surface area (Å²) in [6.07, 6.45) is -3.80. The maximum atomic E-state index is 13.8. The van der Waals surface area contributed by atoms with Gasteiger partial charge in [0.1, 0.15) is 0 Å². The Labute approximate surface area is 178 Å². The molecular formula is C23H23F3N2O3. The first-order valence-corrected chi connectivity index (χ1v) is 9.72. The number of rotatable bonds is 6. The van der Waals surface area contributed by atoms with E-state index in [2.05, 4.69) is 10.3 Å². The lowest BCUT2D eigenvalue weighted by molar-refractivity contribution is -0.136. The van der Waals surface area contributed by atoms with Crippen LogP contribution in [0.25, 0.3) is 10.9 Å². The number of amides is 1. The Morgan fingerprint density at radius 2 is 1.77 bits per heavy atom. The molecule has 0 aliphatic rings. The van der Waals surface area contributed by atoms with Crippen molar-refractivity contribution in [2.75, 3.05) is 7.11 Å². The molecule has 1 atom stereocenters. The summed E-state index contributed by atoms with van der Waals surface area (Å²) in [5.74, 6) is 0.146. The van der Waals surface area contributed by atoms with E-state index in [1.54, 1.807) is 31.2 Å². The number of pyridine rings is 1. The molecule has 1 amide bonds. The van der Waals surface area contributed by atoms with Crippen LogP contribution in [-0.4, -0.2) is 24.1 Å². The highest BCUT2D eigenvalue weighted by Gasteiger charge is 2.37. The van der Waals surface area contributed by atoms with Crippen LogP contribution in [-0.2, 0) is 6.18 Å². The molecule has 0 aliphatic carbocycles. The van der Waals surface area contributed by atoms with Crippen LogP contribution < -0.4 is 14.8 Å². The molecule has 1 aromatic heterocycles. The Balaban J connectivity index is 1.92. The summed E-state index contributed by atoms with van der Waals surface area (Å²) in [5, 5.41) is 2.51. The molecule has 0 saturated heterocycles. The zero-order valence-electron chi connectivity index (χ0n) is 17.6. The average Bonchev–Trinajstić information content (AvgIpc) is 2.71. The van der Waals surface area contributed by atoms with Crippen LogP contribution in [0.15, 0.2) is 48.7 Å². The number of hydrogen-bond acceptors (Lipinski definition) is 4. The molecule has 1 unspecified atom stereocenters. The van der Waals surface area contributed by atoms with Gasteiger partial charge in [-0.25, -0.2) is 0 Å². The van der Waals surface area contributed by atoms with E-state index in [-0.39, 0.29) is 17.0 Å². The third-order valence-corrected chi connectivity index (χ3v) is 4.70. The molecule has 0 saturated carbocycles. The van der Waals surface area contributed by atoms with Gasteiger partial charge in [0.2, 0.25) is 0 Å². The van der Waals surface area contributed by atoms with Crippen molar-refractivity contribution in [2.45, 2.75) is 39.1 Å². The van der Waals surface area contributed by atoms with E-state index in [4.69, 9.17) is 9.47 Å². The zero-order valence-corrected chi connectivity index (χ0v) is 17.6. The molecule has 1 heterocycles. The van der Waals surface area contributed by atoms with Gasteiger partial charge in [0, 0.05) is 11.6 Å². The average molecular weight is 432 g/mol. The lowest BCUT2D eigenvalue weighted by atomic mass is 10.0. The van der Waals surface area contributed by atoms with Crippen molar-refractivity contribution in [3.63, 3.8) is 0 Å². The molecule has 0 fully saturated rings. The summed E-state index contributed by atoms with van der Waals surface area (Å²) in [6, 6.07) is 10.4. The number of alkyl halides is 3. The second-order valence-electron chi connectivity index (χ2n) is 7.33. The molecule has 0 radical (unpaired) electrons. The second-order valence-corrected chi connectivity index (χ2v) is 7.33. The fourth-order valence-electron chi connectivity index (χ4n) is 3.28. The predicted molar refractivity (Wildman–Crippen MR) is 111 cm³/mol. The van der Waals surface area contributed by atoms with E-state index in [0.717, 1.165) is 6.20 Å². The third-order valence-electron chi connectivity index (χ3n) is 4.70. The van der Waals surface area contributed by atoms with Crippen molar-refractivity contribution < 1.29 is 27.4 Å². The van der Waals surface area contributed by atoms with Gasteiger partial charge in [-0.05, 0) is 44.5 Å². The van der Waals surface area contributed by atoms with E-state index in [1.165, 1.54) is 25.3 Å². The van der Waals surface area contributed by atoms with Crippen LogP contribution in [0.3, 0.4) is 0 Å². The molecular weight excluding hydrogens is 409 g/mol. The van der Waals surface area contributed by atoms with Gasteiger partial charge in [-0.3, -0.25) is 9.78 Å². The Bertz CT molecular complexity index is 1100. The maximum absolute atomic E-state index is 13.8. The minimum Gasteiger partial charge on any atom is -0.493 e. The number of ether oxygens (including phenoxy) is 2. The van der Waals surface area contributed by atoms with E-state index in [9.17, 15) is 18.0 Å². The van der Waals surface area contributed by atoms with E-state index >= 15 is 0 Å². The minimum atomic E-state index is -4.71. The number of carbonyl (C=O) groups excluding carboxylic acids is 1. The van der Waals surface area contributed by atoms with Crippen molar-refractivity contribution in [3.8, 4) is 11.5 Å². The number of nitrogens with zero attached hydrogens (tertiary/aromatic N) is 1. The SMILES string of the molecule is COc1cc(C(C)NC(=O)c2cnc3ccccc3c2C(F)(F)F)ccc1OC(C)C. The van der Waals surface area contributed by atoms with Gasteiger partial charge in [-0.1, -0.05) is 24.3 Å². The number of methoxy groups -OCH3 is 1. The number of carbonyl (C=O) groups is 1. The Morgan fingerprint density at radius 3 is 2.42 bits per heavy atom. The van der Waals surface area contributed by atoms with Gasteiger partial charge in [0.25, 0.3) is 5.91 Å². The summed E-state index contributed by atoms with van der Waals surface area (Å²) >= 11 is 0. The van der Waals surface area contributed by atoms with Crippen molar-refractivity contribution in [3.05, 3.63) is 65.4 Å². The third kappa shape index (κ3) is 4.90. The molecule has 8 heteroatoms. The van der Waals surface area contributed by atoms with Crippen LogP contribution in [0.5, 0.6) is 11.5 Å². The smallest absolute Gasteiger partial charge is 0.417 e. The van der Waals surface area contributed by atoms with Gasteiger partial charge in [0.15, 0.2) is 11.5 Å². The van der Waals surface area contributed by atoms with E-state index in [1.807, 2.05) is 13.8 Å². The van der Waals surface area contributed by atoms with Crippen LogP contribution in [0, 0.1) is 0 Å². The highest BCUT2D eigenvalue weighted by Crippen LogP contribution is 2.37. The van der Waals surface area contributed by atoms with Crippen molar-refractivity contribution in [1.29, 1.82) is 0 Å². The maximum Gasteiger partial charge on any atom is 0.417 e. The summed E-state index contributed by atoms with van der Waals surface area (Å²) < 4.78 is 52.4. The quantitative estimate of drug-likeness (QED) is 0.556. The fraction of sp³-hybridized carbons (Fsp3) is 0.304. The second kappa shape index (κ2) is 8.83. The highest BCUT2D eigenvalue weighted by atomic mass is 19.4. The number of fused-ring (bicyclic) bond motifs is 1. The Kier molecular flexibility index (Phi) is 6.38. The molecule has 164 valence electrons. The predicted octanol–water partition coefficient (Wildman–Crippen LogP) is 5.54. The fourth-order valence-corrected chi connectivity index (χ4v) is 3.28. The summed E-state index contributed by atoms with van der Waals surface area (Å²) in [4.78, 5) is 16.8. The largest absolute Gasteiger partial charge is 0.493 e. The number of nitrogens with one attached hydrogen (secondary N) is 1. The molecule has 0 spiro atoms. The van der Waals surface area contributed by atoms with Crippen LogP contribution in [0.4, 0.5) is 13.2 Å². The highest BCUT2D eigenvalue weighted by molar-refractivity contribution is 6.00. The molecule has 0 bridgehead atoms. The lowest BCUT2D eigenvalue weighted by Gasteiger charge is -2.20. The first-order valence-electron chi connectivity index (χ1n) is 9.72. The number of para-hydroxylation sites is 1. The van der Waals surface area contributed by atoms with Gasteiger partial charge >= 0.3 is 6.18 Å². The Hall–Kier alpha value is -3.29. The summed E-state index contributed by atoms with van der Waals surface area (Å²) in [6.45, 7) is 5.44. The topological polar surface area (TPSA) is 60.5 Å². The number of aromatic nitrogens is 1. The molecule has 0 aliphatic heterocycles. The molecule has 1 N–H and O–H groups in total. The van der Waals surface area contributed by atoms with Crippen molar-refractivity contribution in [2.24, 2.45) is 0 Å². The molecule has 3 rings (SSSR count). The minimum absolute atomic E-state index is 0.0573. The zero-order chi connectivity index (χ0) is 22.8. The monoisotopic (exact) mass is 432 g/mol. The van der Waals surface area contributed by atoms with Crippen molar-refractivity contribution in [1.82, 2.24) is 10.3 Å². The lowest BCUT2D eigenvalue weighted by Crippen LogP contribution is -2.29. The standard InChI is InChI=1S/C23H23F3N2O3/c1-13(2)31-19-10-9-15(11-20(19)30-4)14(3)28-22(29)17-12-27-18-8-6-5-7-16(18)21(17)23(24,25)26/h5-14H,1-4H3,(H,28,29). The molecule has 31 heavy (non-hydrogen) atoms. The molecule has 5 nitrogen and oxygen atoms in total. The number of benzene rings is 2. The number of halogens is 3. The van der Waals surface area contributed by atoms with Gasteiger partial charge in [-0.2, -0.15) is 13.2 Å². The van der Waals surface area contributed by atoms with Gasteiger partial charge in [-0.15, -0.1) is 0 Å². The van der Waals surface area contributed by atoms with Crippen molar-refractivity contribution >= 4 is 16.8 Å². The first-order chi connectivity index (χ1) is 14.6. The molecule has 2 aromatic carbocycles. The van der Waals surface area contributed by atoms with E-state index in [0.29, 0.717) is 17.1 Å². The van der Waals surface area contributed by atoms with Gasteiger partial charge < -0.3 is 14.8 Å². The first kappa shape index (κ1) is 22.4.